The number of hydrogen-bond donors (Lipinski definition) is 1. The van der Waals surface area contributed by atoms with Gasteiger partial charge in [-0.1, -0.05) is 18.6 Å². The van der Waals surface area contributed by atoms with Crippen LogP contribution in [-0.4, -0.2) is 12.6 Å². The van der Waals surface area contributed by atoms with Gasteiger partial charge in [-0.3, -0.25) is 0 Å². The van der Waals surface area contributed by atoms with E-state index in [0.29, 0.717) is 12.0 Å². The van der Waals surface area contributed by atoms with Crippen LogP contribution in [0.1, 0.15) is 36.8 Å². The van der Waals surface area contributed by atoms with Gasteiger partial charge in [-0.2, -0.15) is 0 Å². The van der Waals surface area contributed by atoms with Crippen LogP contribution in [0, 0.1) is 19.8 Å². The zero-order valence-electron chi connectivity index (χ0n) is 10.9. The van der Waals surface area contributed by atoms with E-state index in [2.05, 4.69) is 32.0 Å². The molecule has 0 bridgehead atoms. The number of benzene rings is 1. The highest BCUT2D eigenvalue weighted by atomic mass is 16.5. The maximum Gasteiger partial charge on any atom is 0.122 e. The summed E-state index contributed by atoms with van der Waals surface area (Å²) in [6.45, 7) is 5.00. The Morgan fingerprint density at radius 3 is 2.76 bits per heavy atom. The lowest BCUT2D eigenvalue weighted by atomic mass is 9.86. The van der Waals surface area contributed by atoms with E-state index in [0.717, 1.165) is 18.7 Å². The van der Waals surface area contributed by atoms with Crippen molar-refractivity contribution in [1.82, 2.24) is 0 Å². The van der Waals surface area contributed by atoms with Crippen LogP contribution in [0.2, 0.25) is 0 Å². The fourth-order valence-electron chi connectivity index (χ4n) is 2.61. The van der Waals surface area contributed by atoms with Crippen LogP contribution in [0.25, 0.3) is 0 Å². The SMILES string of the molecule is Cc1cccc(OC2CCCCC2CN)c1C. The summed E-state index contributed by atoms with van der Waals surface area (Å²) in [5.74, 6) is 1.57. The second kappa shape index (κ2) is 5.54. The number of nitrogens with two attached hydrogens (primary N) is 1. The Bertz CT molecular complexity index is 375. The van der Waals surface area contributed by atoms with Gasteiger partial charge in [0.2, 0.25) is 0 Å². The predicted molar refractivity (Wildman–Crippen MR) is 71.3 cm³/mol. The summed E-state index contributed by atoms with van der Waals surface area (Å²) in [4.78, 5) is 0. The van der Waals surface area contributed by atoms with Crippen molar-refractivity contribution < 1.29 is 4.74 Å². The Labute approximate surface area is 104 Å². The molecular weight excluding hydrogens is 210 g/mol. The van der Waals surface area contributed by atoms with E-state index < -0.39 is 0 Å². The Balaban J connectivity index is 2.11. The van der Waals surface area contributed by atoms with E-state index in [1.165, 1.54) is 30.4 Å². The predicted octanol–water partition coefficient (Wildman–Crippen LogP) is 3.20. The fraction of sp³-hybridized carbons (Fsp3) is 0.600. The van der Waals surface area contributed by atoms with Crippen molar-refractivity contribution in [2.75, 3.05) is 6.54 Å². The van der Waals surface area contributed by atoms with Gasteiger partial charge in [0.15, 0.2) is 0 Å². The molecule has 2 rings (SSSR count). The minimum Gasteiger partial charge on any atom is -0.490 e. The van der Waals surface area contributed by atoms with E-state index in [4.69, 9.17) is 10.5 Å². The minimum atomic E-state index is 0.314. The Morgan fingerprint density at radius 2 is 2.00 bits per heavy atom. The molecule has 0 aromatic heterocycles. The van der Waals surface area contributed by atoms with Gasteiger partial charge in [0.25, 0.3) is 0 Å². The fourth-order valence-corrected chi connectivity index (χ4v) is 2.61. The number of ether oxygens (including phenoxy) is 1. The first kappa shape index (κ1) is 12.4. The molecule has 2 unspecified atom stereocenters. The third-order valence-corrected chi connectivity index (χ3v) is 3.98. The maximum atomic E-state index is 6.19. The van der Waals surface area contributed by atoms with Crippen LogP contribution < -0.4 is 10.5 Å². The van der Waals surface area contributed by atoms with Gasteiger partial charge in [-0.15, -0.1) is 0 Å². The maximum absolute atomic E-state index is 6.19. The van der Waals surface area contributed by atoms with Crippen molar-refractivity contribution in [1.29, 1.82) is 0 Å². The van der Waals surface area contributed by atoms with Crippen LogP contribution in [-0.2, 0) is 0 Å². The van der Waals surface area contributed by atoms with Gasteiger partial charge in [-0.05, 0) is 56.8 Å². The number of aryl methyl sites for hydroxylation is 1. The molecule has 0 radical (unpaired) electrons. The van der Waals surface area contributed by atoms with E-state index in [1.807, 2.05) is 0 Å². The lowest BCUT2D eigenvalue weighted by Gasteiger charge is -2.31. The van der Waals surface area contributed by atoms with Crippen molar-refractivity contribution in [3.8, 4) is 5.75 Å². The zero-order chi connectivity index (χ0) is 12.3. The van der Waals surface area contributed by atoms with E-state index in [9.17, 15) is 0 Å². The molecular formula is C15H23NO. The Morgan fingerprint density at radius 1 is 1.24 bits per heavy atom. The van der Waals surface area contributed by atoms with Gasteiger partial charge in [0, 0.05) is 5.92 Å². The smallest absolute Gasteiger partial charge is 0.122 e. The lowest BCUT2D eigenvalue weighted by molar-refractivity contribution is 0.0962. The van der Waals surface area contributed by atoms with Gasteiger partial charge in [0.05, 0.1) is 0 Å². The molecule has 0 saturated heterocycles. The molecule has 1 saturated carbocycles. The molecule has 0 amide bonds. The molecule has 0 heterocycles. The Kier molecular flexibility index (Phi) is 4.06. The first-order chi connectivity index (χ1) is 8.22. The monoisotopic (exact) mass is 233 g/mol. The molecule has 1 aliphatic carbocycles. The molecule has 17 heavy (non-hydrogen) atoms. The Hall–Kier alpha value is -1.02. The van der Waals surface area contributed by atoms with Gasteiger partial charge in [0.1, 0.15) is 11.9 Å². The van der Waals surface area contributed by atoms with Gasteiger partial charge >= 0.3 is 0 Å². The molecule has 1 aromatic carbocycles. The van der Waals surface area contributed by atoms with Crippen LogP contribution in [0.4, 0.5) is 0 Å². The highest BCUT2D eigenvalue weighted by molar-refractivity contribution is 5.38. The molecule has 0 aliphatic heterocycles. The minimum absolute atomic E-state index is 0.314. The lowest BCUT2D eigenvalue weighted by Crippen LogP contribution is -2.35. The molecule has 1 aliphatic rings. The van der Waals surface area contributed by atoms with Crippen LogP contribution >= 0.6 is 0 Å². The third-order valence-electron chi connectivity index (χ3n) is 3.98. The van der Waals surface area contributed by atoms with E-state index in [-0.39, 0.29) is 0 Å². The van der Waals surface area contributed by atoms with Crippen LogP contribution in [0.5, 0.6) is 5.75 Å². The topological polar surface area (TPSA) is 35.2 Å². The van der Waals surface area contributed by atoms with Crippen molar-refractivity contribution in [2.45, 2.75) is 45.6 Å². The first-order valence-electron chi connectivity index (χ1n) is 6.65. The quantitative estimate of drug-likeness (QED) is 0.870. The summed E-state index contributed by atoms with van der Waals surface area (Å²) >= 11 is 0. The largest absolute Gasteiger partial charge is 0.490 e. The molecule has 2 atom stereocenters. The number of rotatable bonds is 3. The van der Waals surface area contributed by atoms with E-state index >= 15 is 0 Å². The third kappa shape index (κ3) is 2.81. The summed E-state index contributed by atoms with van der Waals surface area (Å²) in [6, 6.07) is 6.27. The van der Waals surface area contributed by atoms with Crippen LogP contribution in [0.15, 0.2) is 18.2 Å². The average molecular weight is 233 g/mol. The second-order valence-electron chi connectivity index (χ2n) is 5.13. The molecule has 0 spiro atoms. The highest BCUT2D eigenvalue weighted by Crippen LogP contribution is 2.30. The summed E-state index contributed by atoms with van der Waals surface area (Å²) in [5.41, 5.74) is 8.39. The summed E-state index contributed by atoms with van der Waals surface area (Å²) in [5, 5.41) is 0. The molecule has 1 aromatic rings. The standard InChI is InChI=1S/C15H23NO/c1-11-6-5-9-14(12(11)2)17-15-8-4-3-7-13(15)10-16/h5-6,9,13,15H,3-4,7-8,10,16H2,1-2H3. The normalized spacial score (nSPS) is 24.6. The average Bonchev–Trinajstić information content (AvgIpc) is 2.35. The van der Waals surface area contributed by atoms with Crippen LogP contribution in [0.3, 0.4) is 0 Å². The van der Waals surface area contributed by atoms with E-state index in [1.54, 1.807) is 0 Å². The highest BCUT2D eigenvalue weighted by Gasteiger charge is 2.25. The summed E-state index contributed by atoms with van der Waals surface area (Å²) in [7, 11) is 0. The molecule has 2 nitrogen and oxygen atoms in total. The zero-order valence-corrected chi connectivity index (χ0v) is 10.9. The molecule has 1 fully saturated rings. The van der Waals surface area contributed by atoms with Crippen molar-refractivity contribution in [3.63, 3.8) is 0 Å². The van der Waals surface area contributed by atoms with Gasteiger partial charge in [-0.25, -0.2) is 0 Å². The molecule has 2 heteroatoms. The summed E-state index contributed by atoms with van der Waals surface area (Å²) in [6.07, 6.45) is 5.25. The number of hydrogen-bond acceptors (Lipinski definition) is 2. The van der Waals surface area contributed by atoms with Crippen molar-refractivity contribution in [2.24, 2.45) is 11.7 Å². The van der Waals surface area contributed by atoms with Crippen molar-refractivity contribution >= 4 is 0 Å². The molecule has 2 N–H and O–H groups in total. The van der Waals surface area contributed by atoms with Gasteiger partial charge < -0.3 is 10.5 Å². The summed E-state index contributed by atoms with van der Waals surface area (Å²) < 4.78 is 6.19. The van der Waals surface area contributed by atoms with Crippen molar-refractivity contribution in [3.05, 3.63) is 29.3 Å². The molecule has 94 valence electrons. The second-order valence-corrected chi connectivity index (χ2v) is 5.13. The first-order valence-corrected chi connectivity index (χ1v) is 6.65.